The molecule has 0 aromatic heterocycles. The van der Waals surface area contributed by atoms with Crippen LogP contribution in [0.4, 0.5) is 15.8 Å². The smallest absolute Gasteiger partial charge is 0.272 e. The average molecular weight is 770 g/mol. The number of anilines is 2. The first kappa shape index (κ1) is 30.6. The van der Waals surface area contributed by atoms with E-state index in [1.165, 1.54) is 40.9 Å². The first-order valence-corrected chi connectivity index (χ1v) is 15.7. The van der Waals surface area contributed by atoms with E-state index in [1.54, 1.807) is 66.7 Å². The molecule has 4 amide bonds. The fourth-order valence-electron chi connectivity index (χ4n) is 4.29. The molecule has 4 aromatic rings. The molecule has 1 aliphatic rings. The topological polar surface area (TPSA) is 95.6 Å². The molecule has 2 N–H and O–H groups in total. The maximum atomic E-state index is 14.6. The molecule has 1 atom stereocenters. The fourth-order valence-corrected chi connectivity index (χ4v) is 6.14. The summed E-state index contributed by atoms with van der Waals surface area (Å²) in [6.07, 6.45) is 1.31. The lowest BCUT2D eigenvalue weighted by Crippen LogP contribution is -2.31. The van der Waals surface area contributed by atoms with Gasteiger partial charge in [-0.15, -0.1) is 11.8 Å². The summed E-state index contributed by atoms with van der Waals surface area (Å²) >= 11 is 6.68. The van der Waals surface area contributed by atoms with E-state index in [0.29, 0.717) is 26.3 Å². The van der Waals surface area contributed by atoms with Gasteiger partial charge >= 0.3 is 0 Å². The molecule has 1 heterocycles. The van der Waals surface area contributed by atoms with Gasteiger partial charge in [-0.25, -0.2) is 9.29 Å². The monoisotopic (exact) mass is 769 g/mol. The first-order chi connectivity index (χ1) is 20.7. The molecular weight excluding hydrogens is 748 g/mol. The molecule has 7 nitrogen and oxygen atoms in total. The number of halogens is 3. The van der Waals surface area contributed by atoms with E-state index >= 15 is 0 Å². The number of carbonyl (C=O) groups is 4. The molecule has 4 aromatic carbocycles. The minimum atomic E-state index is -0.678. The third-order valence-electron chi connectivity index (χ3n) is 6.35. The van der Waals surface area contributed by atoms with Gasteiger partial charge in [0.25, 0.3) is 11.8 Å². The molecule has 0 radical (unpaired) electrons. The highest BCUT2D eigenvalue weighted by Crippen LogP contribution is 2.35. The molecule has 1 fully saturated rings. The predicted octanol–water partition coefficient (Wildman–Crippen LogP) is 7.03. The van der Waals surface area contributed by atoms with Crippen molar-refractivity contribution in [1.29, 1.82) is 0 Å². The van der Waals surface area contributed by atoms with E-state index in [2.05, 4.69) is 49.2 Å². The SMILES string of the molecule is O=C(Nc1cccc(SC2CC(=O)N(c3ccc(I)cc3)C2=O)c1)C(=Cc1cc(Br)ccc1F)NC(=O)c1ccccc1. The van der Waals surface area contributed by atoms with Crippen LogP contribution in [-0.4, -0.2) is 28.9 Å². The van der Waals surface area contributed by atoms with E-state index in [0.717, 1.165) is 3.57 Å². The number of benzene rings is 4. The molecule has 43 heavy (non-hydrogen) atoms. The lowest BCUT2D eigenvalue weighted by molar-refractivity contribution is -0.121. The maximum absolute atomic E-state index is 14.6. The van der Waals surface area contributed by atoms with Crippen LogP contribution in [0.25, 0.3) is 6.08 Å². The maximum Gasteiger partial charge on any atom is 0.272 e. The lowest BCUT2D eigenvalue weighted by Gasteiger charge is -2.15. The highest BCUT2D eigenvalue weighted by atomic mass is 127. The Morgan fingerprint density at radius 3 is 2.44 bits per heavy atom. The summed E-state index contributed by atoms with van der Waals surface area (Å²) in [6.45, 7) is 0. The zero-order chi connectivity index (χ0) is 30.5. The van der Waals surface area contributed by atoms with Crippen molar-refractivity contribution in [3.63, 3.8) is 0 Å². The second kappa shape index (κ2) is 13.7. The zero-order valence-corrected chi connectivity index (χ0v) is 26.8. The number of carbonyl (C=O) groups excluding carboxylic acids is 4. The molecule has 5 rings (SSSR count). The van der Waals surface area contributed by atoms with Crippen LogP contribution in [-0.2, 0) is 14.4 Å². The van der Waals surface area contributed by atoms with Gasteiger partial charge in [0.15, 0.2) is 0 Å². The van der Waals surface area contributed by atoms with Crippen molar-refractivity contribution in [3.8, 4) is 0 Å². The van der Waals surface area contributed by atoms with Crippen LogP contribution in [0.15, 0.2) is 112 Å². The second-order valence-electron chi connectivity index (χ2n) is 9.38. The number of nitrogens with zero attached hydrogens (tertiary/aromatic N) is 1. The van der Waals surface area contributed by atoms with Crippen LogP contribution in [0.3, 0.4) is 0 Å². The van der Waals surface area contributed by atoms with Gasteiger partial charge in [-0.2, -0.15) is 0 Å². The number of rotatable bonds is 8. The molecule has 11 heteroatoms. The van der Waals surface area contributed by atoms with Gasteiger partial charge in [0.2, 0.25) is 11.8 Å². The second-order valence-corrected chi connectivity index (χ2v) is 12.8. The Hall–Kier alpha value is -3.81. The van der Waals surface area contributed by atoms with Crippen molar-refractivity contribution >= 4 is 91.4 Å². The molecule has 0 aliphatic carbocycles. The van der Waals surface area contributed by atoms with Gasteiger partial charge < -0.3 is 10.6 Å². The minimum absolute atomic E-state index is 0.0443. The summed E-state index contributed by atoms with van der Waals surface area (Å²) in [5.74, 6) is -2.38. The van der Waals surface area contributed by atoms with Crippen molar-refractivity contribution in [1.82, 2.24) is 5.32 Å². The quantitative estimate of drug-likeness (QED) is 0.114. The van der Waals surface area contributed by atoms with Crippen molar-refractivity contribution in [2.45, 2.75) is 16.6 Å². The lowest BCUT2D eigenvalue weighted by atomic mass is 10.1. The van der Waals surface area contributed by atoms with E-state index in [9.17, 15) is 23.6 Å². The normalized spacial score (nSPS) is 15.0. The third kappa shape index (κ3) is 7.59. The Bertz CT molecular complexity index is 1750. The van der Waals surface area contributed by atoms with E-state index in [1.807, 2.05) is 12.1 Å². The summed E-state index contributed by atoms with van der Waals surface area (Å²) in [5, 5.41) is 4.71. The van der Waals surface area contributed by atoms with Gasteiger partial charge in [-0.1, -0.05) is 40.2 Å². The first-order valence-electron chi connectivity index (χ1n) is 12.9. The van der Waals surface area contributed by atoms with Crippen molar-refractivity contribution in [2.75, 3.05) is 10.2 Å². The largest absolute Gasteiger partial charge is 0.321 e. The van der Waals surface area contributed by atoms with Crippen LogP contribution in [0.5, 0.6) is 0 Å². The predicted molar refractivity (Wildman–Crippen MR) is 177 cm³/mol. The number of imide groups is 1. The van der Waals surface area contributed by atoms with E-state index in [-0.39, 0.29) is 29.5 Å². The Balaban J connectivity index is 1.34. The van der Waals surface area contributed by atoms with Gasteiger partial charge in [0.05, 0.1) is 10.9 Å². The Kier molecular flexibility index (Phi) is 9.73. The van der Waals surface area contributed by atoms with Crippen LogP contribution in [0.1, 0.15) is 22.3 Å². The molecule has 216 valence electrons. The van der Waals surface area contributed by atoms with Gasteiger partial charge in [-0.3, -0.25) is 19.2 Å². The average Bonchev–Trinajstić information content (AvgIpc) is 3.27. The molecule has 0 saturated carbocycles. The van der Waals surface area contributed by atoms with E-state index in [4.69, 9.17) is 0 Å². The number of nitrogens with one attached hydrogen (secondary N) is 2. The van der Waals surface area contributed by atoms with Gasteiger partial charge in [-0.05, 0) is 101 Å². The number of hydrogen-bond donors (Lipinski definition) is 2. The summed E-state index contributed by atoms with van der Waals surface area (Å²) < 4.78 is 16.2. The third-order valence-corrected chi connectivity index (χ3v) is 8.74. The highest BCUT2D eigenvalue weighted by Gasteiger charge is 2.40. The Morgan fingerprint density at radius 2 is 1.70 bits per heavy atom. The van der Waals surface area contributed by atoms with Crippen molar-refractivity contribution in [2.24, 2.45) is 0 Å². The molecule has 1 saturated heterocycles. The number of thioether (sulfide) groups is 1. The van der Waals surface area contributed by atoms with Crippen LogP contribution >= 0.6 is 50.3 Å². The number of hydrogen-bond acceptors (Lipinski definition) is 5. The molecule has 0 bridgehead atoms. The summed E-state index contributed by atoms with van der Waals surface area (Å²) in [4.78, 5) is 54.0. The molecule has 0 spiro atoms. The summed E-state index contributed by atoms with van der Waals surface area (Å²) in [6, 6.07) is 26.6. The number of amides is 4. The van der Waals surface area contributed by atoms with Gasteiger partial charge in [0.1, 0.15) is 11.5 Å². The standard InChI is InChI=1S/C32H22BrFIN3O4S/c33-21-9-14-26(34)20(15-21)16-27(37-30(40)19-5-2-1-3-6-19)31(41)36-23-7-4-8-25(17-23)43-28-18-29(39)38(32(28)42)24-12-10-22(35)11-13-24/h1-17,28H,18H2,(H,36,41)(H,37,40). The highest BCUT2D eigenvalue weighted by molar-refractivity contribution is 14.1. The zero-order valence-electron chi connectivity index (χ0n) is 22.2. The van der Waals surface area contributed by atoms with Crippen molar-refractivity contribution in [3.05, 3.63) is 128 Å². The molecular formula is C32H22BrFIN3O4S. The van der Waals surface area contributed by atoms with Crippen LogP contribution in [0, 0.1) is 9.39 Å². The summed E-state index contributed by atoms with van der Waals surface area (Å²) in [7, 11) is 0. The summed E-state index contributed by atoms with van der Waals surface area (Å²) in [5.41, 5.74) is 1.16. The van der Waals surface area contributed by atoms with Crippen molar-refractivity contribution < 1.29 is 23.6 Å². The minimum Gasteiger partial charge on any atom is -0.321 e. The molecule has 1 aliphatic heterocycles. The molecule has 1 unspecified atom stereocenters. The van der Waals surface area contributed by atoms with Crippen LogP contribution < -0.4 is 15.5 Å². The van der Waals surface area contributed by atoms with Gasteiger partial charge in [0, 0.05) is 36.2 Å². The Morgan fingerprint density at radius 1 is 0.953 bits per heavy atom. The van der Waals surface area contributed by atoms with E-state index < -0.39 is 22.9 Å². The fraction of sp³-hybridized carbons (Fsp3) is 0.0625. The van der Waals surface area contributed by atoms with Crippen LogP contribution in [0.2, 0.25) is 0 Å². The Labute approximate surface area is 273 Å².